The molecule has 6 nitrogen and oxygen atoms in total. The van der Waals surface area contributed by atoms with Crippen LogP contribution in [0.15, 0.2) is 47.1 Å². The van der Waals surface area contributed by atoms with E-state index in [-0.39, 0.29) is 17.6 Å². The van der Waals surface area contributed by atoms with Crippen LogP contribution in [0.25, 0.3) is 0 Å². The van der Waals surface area contributed by atoms with Crippen molar-refractivity contribution in [3.63, 3.8) is 0 Å². The highest BCUT2D eigenvalue weighted by Gasteiger charge is 2.35. The van der Waals surface area contributed by atoms with Gasteiger partial charge in [-0.2, -0.15) is 0 Å². The molecule has 0 saturated carbocycles. The van der Waals surface area contributed by atoms with Gasteiger partial charge in [-0.25, -0.2) is 0 Å². The molecule has 25 heavy (non-hydrogen) atoms. The maximum Gasteiger partial charge on any atom is 0.290 e. The smallest absolute Gasteiger partial charge is 0.290 e. The molecule has 1 aromatic heterocycles. The predicted octanol–water partition coefficient (Wildman–Crippen LogP) is 2.35. The summed E-state index contributed by atoms with van der Waals surface area (Å²) in [4.78, 5) is 26.7. The Bertz CT molecular complexity index is 727. The van der Waals surface area contributed by atoms with Gasteiger partial charge in [0.2, 0.25) is 5.91 Å². The minimum atomic E-state index is -0.452. The van der Waals surface area contributed by atoms with Crippen LogP contribution in [0.5, 0.6) is 0 Å². The molecule has 2 heterocycles. The average Bonchev–Trinajstić information content (AvgIpc) is 3.32. The molecule has 1 aliphatic rings. The number of nitrogens with one attached hydrogen (secondary N) is 1. The Labute approximate surface area is 146 Å². The van der Waals surface area contributed by atoms with Crippen LogP contribution >= 0.6 is 0 Å². The number of hydrogen-bond donors (Lipinski definition) is 1. The summed E-state index contributed by atoms with van der Waals surface area (Å²) in [5.41, 5.74) is 2.06. The summed E-state index contributed by atoms with van der Waals surface area (Å²) in [7, 11) is 1.64. The third-order valence-electron chi connectivity index (χ3n) is 4.42. The van der Waals surface area contributed by atoms with Crippen molar-refractivity contribution in [2.24, 2.45) is 0 Å². The van der Waals surface area contributed by atoms with E-state index in [1.54, 1.807) is 24.1 Å². The summed E-state index contributed by atoms with van der Waals surface area (Å²) in [5, 5.41) is 2.95. The molecule has 0 aliphatic carbocycles. The van der Waals surface area contributed by atoms with E-state index in [0.29, 0.717) is 26.1 Å². The van der Waals surface area contributed by atoms with Crippen molar-refractivity contribution < 1.29 is 18.7 Å². The van der Waals surface area contributed by atoms with Crippen molar-refractivity contribution in [1.82, 2.24) is 10.2 Å². The fraction of sp³-hybridized carbons (Fsp3) is 0.368. The number of carbonyl (C=O) groups is 2. The van der Waals surface area contributed by atoms with Gasteiger partial charge >= 0.3 is 0 Å². The number of benzene rings is 1. The van der Waals surface area contributed by atoms with Gasteiger partial charge in [-0.15, -0.1) is 0 Å². The van der Waals surface area contributed by atoms with Crippen LogP contribution in [0.3, 0.4) is 0 Å². The summed E-state index contributed by atoms with van der Waals surface area (Å²) in [6.45, 7) is 1.48. The molecule has 1 fully saturated rings. The Balaban J connectivity index is 1.64. The molecule has 0 bridgehead atoms. The first kappa shape index (κ1) is 17.2. The fourth-order valence-electron chi connectivity index (χ4n) is 3.15. The fourth-order valence-corrected chi connectivity index (χ4v) is 3.15. The Morgan fingerprint density at radius 1 is 1.24 bits per heavy atom. The van der Waals surface area contributed by atoms with Crippen LogP contribution in [0, 0.1) is 0 Å². The third kappa shape index (κ3) is 3.91. The van der Waals surface area contributed by atoms with E-state index < -0.39 is 6.04 Å². The molecule has 1 aliphatic heterocycles. The van der Waals surface area contributed by atoms with E-state index in [1.165, 1.54) is 6.26 Å². The van der Waals surface area contributed by atoms with E-state index in [2.05, 4.69) is 5.32 Å². The van der Waals surface area contributed by atoms with Crippen molar-refractivity contribution in [3.8, 4) is 0 Å². The van der Waals surface area contributed by atoms with Gasteiger partial charge in [0.05, 0.1) is 12.9 Å². The molecule has 1 saturated heterocycles. The van der Waals surface area contributed by atoms with Crippen molar-refractivity contribution in [1.29, 1.82) is 0 Å². The first-order chi connectivity index (χ1) is 12.2. The lowest BCUT2D eigenvalue weighted by molar-refractivity contribution is -0.125. The van der Waals surface area contributed by atoms with E-state index >= 15 is 0 Å². The van der Waals surface area contributed by atoms with Gasteiger partial charge in [0.1, 0.15) is 6.04 Å². The molecule has 0 radical (unpaired) electrons. The van der Waals surface area contributed by atoms with Gasteiger partial charge in [0.25, 0.3) is 5.91 Å². The Hall–Kier alpha value is -2.60. The molecule has 0 spiro atoms. The maximum atomic E-state index is 12.6. The van der Waals surface area contributed by atoms with Gasteiger partial charge in [-0.05, 0) is 36.1 Å². The summed E-state index contributed by atoms with van der Waals surface area (Å²) >= 11 is 0. The molecule has 3 rings (SSSR count). The molecule has 1 aromatic carbocycles. The van der Waals surface area contributed by atoms with E-state index in [4.69, 9.17) is 9.15 Å². The van der Waals surface area contributed by atoms with E-state index in [0.717, 1.165) is 17.5 Å². The van der Waals surface area contributed by atoms with Crippen LogP contribution in [0.2, 0.25) is 0 Å². The van der Waals surface area contributed by atoms with Crippen molar-refractivity contribution in [2.75, 3.05) is 13.7 Å². The molecular weight excluding hydrogens is 320 g/mol. The van der Waals surface area contributed by atoms with Crippen LogP contribution < -0.4 is 5.32 Å². The zero-order valence-corrected chi connectivity index (χ0v) is 14.2. The number of nitrogens with zero attached hydrogens (tertiary/aromatic N) is 1. The van der Waals surface area contributed by atoms with Crippen molar-refractivity contribution in [2.45, 2.75) is 32.0 Å². The quantitative estimate of drug-likeness (QED) is 0.875. The summed E-state index contributed by atoms with van der Waals surface area (Å²) in [5.74, 6) is -0.0998. The van der Waals surface area contributed by atoms with Gasteiger partial charge in [0, 0.05) is 20.2 Å². The average molecular weight is 342 g/mol. The lowest BCUT2D eigenvalue weighted by atomic mass is 10.1. The van der Waals surface area contributed by atoms with E-state index in [9.17, 15) is 9.59 Å². The molecule has 2 amide bonds. The van der Waals surface area contributed by atoms with Crippen molar-refractivity contribution >= 4 is 11.8 Å². The highest BCUT2D eigenvalue weighted by Crippen LogP contribution is 2.21. The largest absolute Gasteiger partial charge is 0.459 e. The number of rotatable bonds is 6. The minimum Gasteiger partial charge on any atom is -0.459 e. The van der Waals surface area contributed by atoms with Crippen LogP contribution in [-0.2, 0) is 22.7 Å². The Morgan fingerprint density at radius 3 is 2.76 bits per heavy atom. The summed E-state index contributed by atoms with van der Waals surface area (Å²) in [6, 6.07) is 10.7. The highest BCUT2D eigenvalue weighted by atomic mass is 16.5. The van der Waals surface area contributed by atoms with Crippen molar-refractivity contribution in [3.05, 3.63) is 59.5 Å². The maximum absolute atomic E-state index is 12.6. The minimum absolute atomic E-state index is 0.135. The second-order valence-corrected chi connectivity index (χ2v) is 6.05. The van der Waals surface area contributed by atoms with E-state index in [1.807, 2.05) is 24.3 Å². The normalized spacial score (nSPS) is 16.8. The molecule has 132 valence electrons. The monoisotopic (exact) mass is 342 g/mol. The predicted molar refractivity (Wildman–Crippen MR) is 91.8 cm³/mol. The number of hydrogen-bond acceptors (Lipinski definition) is 4. The first-order valence-electron chi connectivity index (χ1n) is 8.38. The number of furan rings is 1. The Kier molecular flexibility index (Phi) is 5.50. The molecule has 1 N–H and O–H groups in total. The first-order valence-corrected chi connectivity index (χ1v) is 8.38. The van der Waals surface area contributed by atoms with Crippen LogP contribution in [0.1, 0.15) is 34.5 Å². The lowest BCUT2D eigenvalue weighted by Gasteiger charge is -2.23. The highest BCUT2D eigenvalue weighted by molar-refractivity contribution is 5.95. The number of carbonyl (C=O) groups excluding carboxylic acids is 2. The Morgan fingerprint density at radius 2 is 2.04 bits per heavy atom. The molecule has 1 unspecified atom stereocenters. The molecule has 1 atom stereocenters. The molecule has 2 aromatic rings. The summed E-state index contributed by atoms with van der Waals surface area (Å²) < 4.78 is 10.4. The zero-order valence-electron chi connectivity index (χ0n) is 14.2. The molecule has 6 heteroatoms. The molecular formula is C19H22N2O4. The van der Waals surface area contributed by atoms with Gasteiger partial charge < -0.3 is 19.4 Å². The standard InChI is InChI=1S/C19H22N2O4/c1-24-13-15-7-3-2-6-14(15)12-20-18(22)16-8-4-10-21(16)19(23)17-9-5-11-25-17/h2-3,5-7,9,11,16H,4,8,10,12-13H2,1H3,(H,20,22). The van der Waals surface area contributed by atoms with Crippen LogP contribution in [0.4, 0.5) is 0 Å². The summed E-state index contributed by atoms with van der Waals surface area (Å²) in [6.07, 6.45) is 2.94. The number of methoxy groups -OCH3 is 1. The lowest BCUT2D eigenvalue weighted by Crippen LogP contribution is -2.45. The second-order valence-electron chi connectivity index (χ2n) is 6.05. The van der Waals surface area contributed by atoms with Gasteiger partial charge in [-0.1, -0.05) is 24.3 Å². The number of likely N-dealkylation sites (tertiary alicyclic amines) is 1. The second kappa shape index (κ2) is 7.98. The van der Waals surface area contributed by atoms with Gasteiger partial charge in [-0.3, -0.25) is 9.59 Å². The van der Waals surface area contributed by atoms with Gasteiger partial charge in [0.15, 0.2) is 5.76 Å². The SMILES string of the molecule is COCc1ccccc1CNC(=O)C1CCCN1C(=O)c1ccco1. The number of amides is 2. The third-order valence-corrected chi connectivity index (χ3v) is 4.42. The topological polar surface area (TPSA) is 71.8 Å². The number of ether oxygens (including phenoxy) is 1. The zero-order chi connectivity index (χ0) is 17.6. The van der Waals surface area contributed by atoms with Crippen LogP contribution in [-0.4, -0.2) is 36.4 Å².